The number of ether oxygens (including phenoxy) is 2. The van der Waals surface area contributed by atoms with Gasteiger partial charge >= 0.3 is 7.12 Å². The summed E-state index contributed by atoms with van der Waals surface area (Å²) in [6.07, 6.45) is 37.5. The first-order valence-corrected chi connectivity index (χ1v) is 37.0. The Morgan fingerprint density at radius 1 is 0.500 bits per heavy atom. The van der Waals surface area contributed by atoms with Crippen LogP contribution >= 0.6 is 0 Å². The molecule has 4 aromatic carbocycles. The summed E-state index contributed by atoms with van der Waals surface area (Å²) in [7, 11) is 1.17. The van der Waals surface area contributed by atoms with Gasteiger partial charge in [0.1, 0.15) is 29.0 Å². The molecule has 3 aliphatic rings. The van der Waals surface area contributed by atoms with Crippen LogP contribution in [0.2, 0.25) is 0 Å². The molecule has 19 rings (SSSR count). The zero-order valence-corrected chi connectivity index (χ0v) is 62.1. The number of imidazole rings is 3. The van der Waals surface area contributed by atoms with Crippen LogP contribution in [-0.2, 0) is 50.0 Å². The Balaban J connectivity index is 0.000000113. The van der Waals surface area contributed by atoms with Crippen molar-refractivity contribution in [2.24, 2.45) is 21.1 Å². The van der Waals surface area contributed by atoms with E-state index in [1.165, 1.54) is 37.1 Å². The fourth-order valence-corrected chi connectivity index (χ4v) is 13.7. The number of hydrogen-bond donors (Lipinski definition) is 3. The molecule has 558 valence electrons. The highest BCUT2D eigenvalue weighted by Crippen LogP contribution is 2.38. The average Bonchev–Trinajstić information content (AvgIpc) is 1.72. The first-order chi connectivity index (χ1) is 53.0. The quantitative estimate of drug-likeness (QED) is 0.0893. The Labute approximate surface area is 628 Å². The molecule has 2 unspecified atom stereocenters. The molecule has 31 nitrogen and oxygen atoms in total. The van der Waals surface area contributed by atoms with Crippen LogP contribution in [0.5, 0.6) is 0 Å². The van der Waals surface area contributed by atoms with Gasteiger partial charge in [0.05, 0.1) is 98.1 Å². The molecule has 3 aliphatic heterocycles. The summed E-state index contributed by atoms with van der Waals surface area (Å²) in [6, 6.07) is 23.7. The Morgan fingerprint density at radius 3 is 1.45 bits per heavy atom. The van der Waals surface area contributed by atoms with Gasteiger partial charge in [0, 0.05) is 142 Å². The molecule has 0 spiro atoms. The highest BCUT2D eigenvalue weighted by Gasteiger charge is 2.52. The van der Waals surface area contributed by atoms with Gasteiger partial charge < -0.3 is 37.9 Å². The van der Waals surface area contributed by atoms with Crippen LogP contribution in [0.15, 0.2) is 210 Å². The second kappa shape index (κ2) is 30.3. The van der Waals surface area contributed by atoms with Gasteiger partial charge in [0.15, 0.2) is 16.6 Å². The third-order valence-corrected chi connectivity index (χ3v) is 20.6. The molecular weight excluding hydrogens is 1420 g/mol. The molecule has 2 atom stereocenters. The van der Waals surface area contributed by atoms with E-state index >= 15 is 0 Å². The number of hydrogen-bond acceptors (Lipinski definition) is 21. The van der Waals surface area contributed by atoms with Crippen LogP contribution in [0.4, 0.5) is 0 Å². The minimum Gasteiger partial charge on any atom is -0.399 e. The maximum absolute atomic E-state index is 13.3. The second-order valence-electron chi connectivity index (χ2n) is 27.8. The molecule has 110 heavy (non-hydrogen) atoms. The number of aryl methyl sites for hydroxylation is 4. The highest BCUT2D eigenvalue weighted by molar-refractivity contribution is 7.85. The number of rotatable bonds is 9. The summed E-state index contributed by atoms with van der Waals surface area (Å²) in [4.78, 5) is 82.6. The van der Waals surface area contributed by atoms with Crippen molar-refractivity contribution < 1.29 is 31.8 Å². The van der Waals surface area contributed by atoms with Crippen molar-refractivity contribution in [1.29, 1.82) is 0 Å². The lowest BCUT2D eigenvalue weighted by molar-refractivity contribution is -0.0296. The van der Waals surface area contributed by atoms with Gasteiger partial charge in [-0.15, -0.1) is 0 Å². The first-order valence-electron chi connectivity index (χ1n) is 35.5. The number of fused-ring (bicyclic) bond motifs is 6. The second-order valence-corrected chi connectivity index (χ2v) is 29.2. The lowest BCUT2D eigenvalue weighted by Gasteiger charge is -2.32. The summed E-state index contributed by atoms with van der Waals surface area (Å²) in [6.45, 7) is 11.7. The summed E-state index contributed by atoms with van der Waals surface area (Å²) >= 11 is 0. The van der Waals surface area contributed by atoms with Gasteiger partial charge in [-0.1, -0.05) is 23.8 Å². The number of H-pyrrole nitrogens is 2. The van der Waals surface area contributed by atoms with E-state index in [1.807, 2.05) is 95.7 Å². The Morgan fingerprint density at radius 2 is 0.964 bits per heavy atom. The molecule has 3 N–H and O–H groups in total. The highest BCUT2D eigenvalue weighted by atomic mass is 32.2. The number of nitrogens with zero attached hydrogens (tertiary/aromatic N) is 19. The third-order valence-electron chi connectivity index (χ3n) is 19.7. The number of pyridine rings is 3. The summed E-state index contributed by atoms with van der Waals surface area (Å²) < 4.78 is 66.2. The number of aromatic amines is 2. The van der Waals surface area contributed by atoms with Crippen LogP contribution < -0.4 is 22.1 Å². The number of benzene rings is 4. The first kappa shape index (κ1) is 73.1. The molecule has 0 saturated carbocycles. The Hall–Kier alpha value is -12.4. The van der Waals surface area contributed by atoms with Gasteiger partial charge in [-0.25, -0.2) is 29.9 Å². The molecule has 3 fully saturated rings. The molecule has 16 aromatic rings. The summed E-state index contributed by atoms with van der Waals surface area (Å²) in [5.41, 5.74) is 15.3. The molecule has 0 amide bonds. The van der Waals surface area contributed by atoms with E-state index in [-0.39, 0.29) is 52.3 Å². The van der Waals surface area contributed by atoms with Gasteiger partial charge in [0.2, 0.25) is 0 Å². The fraction of sp³-hybridized carbons (Fsp3) is 0.260. The van der Waals surface area contributed by atoms with E-state index in [0.717, 1.165) is 134 Å². The SMILES string of the molecule is CC1(C)OB(c2ccc3c(c2)ncn3C2CCCCO2)OC1(C)C.Cc1ccc(S(=O)(=O)O)cc1.Cn1cc(-c2c[nH]c(=O)c3nccnc23)cn1.Cn1cc(-c2cn(-c3ccc4c(c3)ncn4C3CCCCO3)c(=O)c3nccnc23)cn1.Cn1cc(-c2cn(-c3ccc4nc[nH]c4c3)c(=O)c3nccnc23)cn1. The van der Waals surface area contributed by atoms with Crippen molar-refractivity contribution in [3.05, 3.63) is 227 Å². The average molecular weight is 1500 g/mol. The van der Waals surface area contributed by atoms with Crippen LogP contribution in [0.3, 0.4) is 0 Å². The van der Waals surface area contributed by atoms with Gasteiger partial charge in [-0.3, -0.25) is 57.1 Å². The minimum absolute atomic E-state index is 0.00968. The van der Waals surface area contributed by atoms with Gasteiger partial charge in [0.25, 0.3) is 26.8 Å². The van der Waals surface area contributed by atoms with Crippen molar-refractivity contribution in [3.63, 3.8) is 0 Å². The van der Waals surface area contributed by atoms with Crippen molar-refractivity contribution >= 4 is 88.9 Å². The van der Waals surface area contributed by atoms with E-state index in [2.05, 4.69) is 125 Å². The van der Waals surface area contributed by atoms with Gasteiger partial charge in [-0.2, -0.15) is 23.7 Å². The normalized spacial score (nSPS) is 16.1. The monoisotopic (exact) mass is 1500 g/mol. The van der Waals surface area contributed by atoms with Crippen LogP contribution in [0.1, 0.15) is 84.2 Å². The number of nitrogens with one attached hydrogen (secondary N) is 2. The largest absolute Gasteiger partial charge is 0.494 e. The van der Waals surface area contributed by atoms with Crippen molar-refractivity contribution in [1.82, 2.24) is 102 Å². The molecule has 33 heteroatoms. The topological polar surface area (TPSA) is 363 Å². The van der Waals surface area contributed by atoms with E-state index in [9.17, 15) is 22.8 Å². The maximum atomic E-state index is 13.3. The van der Waals surface area contributed by atoms with Crippen LogP contribution in [0.25, 0.3) is 111 Å². The molecule has 15 heterocycles. The summed E-state index contributed by atoms with van der Waals surface area (Å²) in [5, 5.41) is 12.6. The molecule has 0 bridgehead atoms. The molecule has 12 aromatic heterocycles. The van der Waals surface area contributed by atoms with Crippen molar-refractivity contribution in [2.45, 2.75) is 102 Å². The zero-order valence-electron chi connectivity index (χ0n) is 61.3. The molecule has 3 saturated heterocycles. The van der Waals surface area contributed by atoms with E-state index in [1.54, 1.807) is 97.4 Å². The predicted octanol–water partition coefficient (Wildman–Crippen LogP) is 10.3. The smallest absolute Gasteiger partial charge is 0.399 e. The standard InChI is InChI=1S/C23H21N7O2.C18H25BN2O3.C18H13N7O.C11H9N5O.C7H8O3S/c1-28-12-15(11-27-28)17-13-29(23(31)22-21(17)24-7-8-25-22)16-5-6-19-18(10-16)26-14-30(19)20-4-2-3-9-32-20;1-17(2)18(3,4)24-19(23-17)13-8-9-15-14(11-13)20-12-21(15)16-7-5-6-10-22-16;1-24-8-11(7-23-24)13-9-25(18(26)17-16(13)19-4-5-20-17)12-2-3-14-15(6-12)22-10-21-14;1-16-6-7(4-15-16)8-5-14-11(17)10-9(8)12-2-3-13-10;1-6-2-4-7(5-3-6)11(8,9)10/h5-8,10-14,20H,2-4,9H2,1H3;8-9,11-12,16H,5-7,10H2,1-4H3;2-10H,1H3,(H,21,22);2-6H,1H3,(H,14,17);2-5H,1H3,(H,8,9,10). The van der Waals surface area contributed by atoms with E-state index in [4.69, 9.17) is 23.3 Å². The zero-order chi connectivity index (χ0) is 76.6. The van der Waals surface area contributed by atoms with Gasteiger partial charge in [-0.05, 0) is 139 Å². The van der Waals surface area contributed by atoms with Crippen LogP contribution in [-0.4, -0.2) is 147 Å². The van der Waals surface area contributed by atoms with Crippen molar-refractivity contribution in [2.75, 3.05) is 13.2 Å². The lowest BCUT2D eigenvalue weighted by Crippen LogP contribution is -2.41. The molecular formula is C77H76BN21O10S. The Bertz CT molecular complexity index is 6370. The molecule has 0 aliphatic carbocycles. The van der Waals surface area contributed by atoms with Crippen LogP contribution in [0, 0.1) is 6.92 Å². The van der Waals surface area contributed by atoms with E-state index in [0.29, 0.717) is 33.1 Å². The Kier molecular flexibility index (Phi) is 20.2. The minimum atomic E-state index is -4.02. The molecule has 0 radical (unpaired) electrons. The predicted molar refractivity (Wildman–Crippen MR) is 414 cm³/mol. The summed E-state index contributed by atoms with van der Waals surface area (Å²) in [5.74, 6) is 0. The fourth-order valence-electron chi connectivity index (χ4n) is 13.3. The third kappa shape index (κ3) is 15.0. The maximum Gasteiger partial charge on any atom is 0.494 e. The lowest BCUT2D eigenvalue weighted by atomic mass is 9.79. The van der Waals surface area contributed by atoms with E-state index < -0.39 is 10.1 Å². The van der Waals surface area contributed by atoms with Crippen molar-refractivity contribution in [3.8, 4) is 44.8 Å². The number of aromatic nitrogens is 21.